The third-order valence-electron chi connectivity index (χ3n) is 4.21. The van der Waals surface area contributed by atoms with E-state index in [1.54, 1.807) is 6.92 Å². The maximum atomic E-state index is 11.1. The van der Waals surface area contributed by atoms with Crippen molar-refractivity contribution in [3.05, 3.63) is 77.4 Å². The minimum Gasteiger partial charge on any atom is -1.00 e. The number of carbonyl (C=O) groups is 1. The number of hydrogen-bond acceptors (Lipinski definition) is 1. The van der Waals surface area contributed by atoms with Crippen LogP contribution in [-0.4, -0.2) is 35.8 Å². The predicted molar refractivity (Wildman–Crippen MR) is 98.3 cm³/mol. The zero-order valence-corrected chi connectivity index (χ0v) is 16.6. The summed E-state index contributed by atoms with van der Waals surface area (Å²) < 4.78 is 2.38. The van der Waals surface area contributed by atoms with Gasteiger partial charge in [-0.25, -0.2) is 4.58 Å². The molecule has 0 unspecified atom stereocenters. The molecular formula is C21H23IN2O. The zero-order valence-electron chi connectivity index (χ0n) is 14.4. The summed E-state index contributed by atoms with van der Waals surface area (Å²) in [4.78, 5) is 11.1. The number of benzene rings is 2. The Morgan fingerprint density at radius 3 is 2.36 bits per heavy atom. The van der Waals surface area contributed by atoms with Crippen molar-refractivity contribution in [3.63, 3.8) is 0 Å². The largest absolute Gasteiger partial charge is 1.00 e. The lowest BCUT2D eigenvalue weighted by atomic mass is 10.00. The van der Waals surface area contributed by atoms with Crippen molar-refractivity contribution in [2.75, 3.05) is 19.6 Å². The third-order valence-corrected chi connectivity index (χ3v) is 4.21. The number of rotatable bonds is 5. The molecule has 1 heterocycles. The molecule has 0 aliphatic carbocycles. The topological polar surface area (TPSA) is 32.1 Å². The van der Waals surface area contributed by atoms with Crippen LogP contribution in [0.15, 0.2) is 66.2 Å². The molecule has 4 heteroatoms. The molecule has 0 aromatic heterocycles. The van der Waals surface area contributed by atoms with Crippen LogP contribution in [0.1, 0.15) is 24.5 Å². The van der Waals surface area contributed by atoms with Crippen LogP contribution >= 0.6 is 0 Å². The summed E-state index contributed by atoms with van der Waals surface area (Å²) in [5, 5.41) is 2.90. The highest BCUT2D eigenvalue weighted by Gasteiger charge is 2.28. The van der Waals surface area contributed by atoms with Gasteiger partial charge in [0, 0.05) is 24.5 Å². The molecule has 130 valence electrons. The number of hydrogen-bond donors (Lipinski definition) is 1. The van der Waals surface area contributed by atoms with E-state index in [0.717, 1.165) is 19.5 Å². The SMILES string of the molecule is CC(=O)NCC[N+]1=C(c2ccccc2)/C(=C\c2ccccc2)CC1.[I-]. The number of carbonyl (C=O) groups excluding carboxylic acids is 1. The van der Waals surface area contributed by atoms with E-state index in [1.165, 1.54) is 22.4 Å². The fourth-order valence-electron chi connectivity index (χ4n) is 3.13. The summed E-state index contributed by atoms with van der Waals surface area (Å²) in [5.41, 5.74) is 5.10. The van der Waals surface area contributed by atoms with Crippen LogP contribution in [0.2, 0.25) is 0 Å². The van der Waals surface area contributed by atoms with Gasteiger partial charge in [-0.3, -0.25) is 4.79 Å². The first kappa shape index (κ1) is 19.4. The molecule has 0 spiro atoms. The number of nitrogens with one attached hydrogen (secondary N) is 1. The molecule has 0 fully saturated rings. The Hall–Kier alpha value is -1.95. The van der Waals surface area contributed by atoms with Gasteiger partial charge in [-0.05, 0) is 23.8 Å². The smallest absolute Gasteiger partial charge is 0.217 e. The van der Waals surface area contributed by atoms with Gasteiger partial charge in [-0.15, -0.1) is 0 Å². The van der Waals surface area contributed by atoms with Crippen LogP contribution in [0.5, 0.6) is 0 Å². The summed E-state index contributed by atoms with van der Waals surface area (Å²) in [7, 11) is 0. The Morgan fingerprint density at radius 2 is 1.72 bits per heavy atom. The summed E-state index contributed by atoms with van der Waals surface area (Å²) >= 11 is 0. The highest BCUT2D eigenvalue weighted by Crippen LogP contribution is 2.21. The van der Waals surface area contributed by atoms with E-state index in [9.17, 15) is 4.79 Å². The highest BCUT2D eigenvalue weighted by molar-refractivity contribution is 6.12. The first-order valence-electron chi connectivity index (χ1n) is 8.42. The van der Waals surface area contributed by atoms with Crippen LogP contribution in [0.4, 0.5) is 0 Å². The molecule has 0 atom stereocenters. The number of nitrogens with zero attached hydrogens (tertiary/aromatic N) is 1. The fraction of sp³-hybridized carbons (Fsp3) is 0.238. The summed E-state index contributed by atoms with van der Waals surface area (Å²) in [6.45, 7) is 4.05. The van der Waals surface area contributed by atoms with Crippen molar-refractivity contribution in [2.45, 2.75) is 13.3 Å². The van der Waals surface area contributed by atoms with Crippen LogP contribution in [0.3, 0.4) is 0 Å². The second kappa shape index (κ2) is 9.51. The molecule has 3 nitrogen and oxygen atoms in total. The third kappa shape index (κ3) is 5.26. The van der Waals surface area contributed by atoms with Crippen molar-refractivity contribution in [3.8, 4) is 0 Å². The van der Waals surface area contributed by atoms with Crippen molar-refractivity contribution in [2.24, 2.45) is 0 Å². The second-order valence-corrected chi connectivity index (χ2v) is 6.01. The van der Waals surface area contributed by atoms with E-state index in [-0.39, 0.29) is 29.9 Å². The van der Waals surface area contributed by atoms with E-state index in [4.69, 9.17) is 0 Å². The van der Waals surface area contributed by atoms with Gasteiger partial charge < -0.3 is 29.3 Å². The molecule has 1 amide bonds. The minimum atomic E-state index is 0. The normalized spacial score (nSPS) is 15.2. The van der Waals surface area contributed by atoms with Gasteiger partial charge in [0.05, 0.1) is 6.54 Å². The Labute approximate surface area is 166 Å². The summed E-state index contributed by atoms with van der Waals surface area (Å²) in [5.74, 6) is 0.0236. The van der Waals surface area contributed by atoms with Crippen LogP contribution in [-0.2, 0) is 4.79 Å². The predicted octanol–water partition coefficient (Wildman–Crippen LogP) is 0.116. The second-order valence-electron chi connectivity index (χ2n) is 6.01. The lowest BCUT2D eigenvalue weighted by Crippen LogP contribution is -3.00. The molecule has 2 aromatic rings. The van der Waals surface area contributed by atoms with Crippen molar-refractivity contribution < 1.29 is 33.3 Å². The molecule has 1 N–H and O–H groups in total. The molecular weight excluding hydrogens is 423 g/mol. The number of halogens is 1. The van der Waals surface area contributed by atoms with Crippen molar-refractivity contribution in [1.82, 2.24) is 5.32 Å². The van der Waals surface area contributed by atoms with Crippen molar-refractivity contribution in [1.29, 1.82) is 0 Å². The maximum absolute atomic E-state index is 11.1. The molecule has 0 radical (unpaired) electrons. The number of amides is 1. The highest BCUT2D eigenvalue weighted by atomic mass is 127. The lowest BCUT2D eigenvalue weighted by Gasteiger charge is -2.05. The summed E-state index contributed by atoms with van der Waals surface area (Å²) in [6, 6.07) is 21.0. The van der Waals surface area contributed by atoms with Gasteiger partial charge in [0.15, 0.2) is 6.54 Å². The van der Waals surface area contributed by atoms with Gasteiger partial charge in [0.2, 0.25) is 11.6 Å². The maximum Gasteiger partial charge on any atom is 0.217 e. The van der Waals surface area contributed by atoms with Crippen LogP contribution < -0.4 is 29.3 Å². The van der Waals surface area contributed by atoms with Gasteiger partial charge >= 0.3 is 0 Å². The van der Waals surface area contributed by atoms with E-state index >= 15 is 0 Å². The average Bonchev–Trinajstić information content (AvgIpc) is 2.99. The Kier molecular flexibility index (Phi) is 7.37. The lowest BCUT2D eigenvalue weighted by molar-refractivity contribution is -0.517. The van der Waals surface area contributed by atoms with E-state index in [1.807, 2.05) is 12.1 Å². The van der Waals surface area contributed by atoms with Gasteiger partial charge in [-0.2, -0.15) is 0 Å². The van der Waals surface area contributed by atoms with Gasteiger partial charge in [0.1, 0.15) is 6.54 Å². The van der Waals surface area contributed by atoms with E-state index in [0.29, 0.717) is 6.54 Å². The van der Waals surface area contributed by atoms with Crippen LogP contribution in [0, 0.1) is 0 Å². The quantitative estimate of drug-likeness (QED) is 0.514. The van der Waals surface area contributed by atoms with Crippen LogP contribution in [0.25, 0.3) is 6.08 Å². The molecule has 2 aromatic carbocycles. The molecule has 1 aliphatic rings. The first-order chi connectivity index (χ1) is 11.7. The Balaban J connectivity index is 0.00000225. The molecule has 3 rings (SSSR count). The molecule has 25 heavy (non-hydrogen) atoms. The van der Waals surface area contributed by atoms with Gasteiger partial charge in [0.25, 0.3) is 0 Å². The fourth-order valence-corrected chi connectivity index (χ4v) is 3.13. The molecule has 1 aliphatic heterocycles. The van der Waals surface area contributed by atoms with E-state index < -0.39 is 0 Å². The molecule has 0 saturated heterocycles. The Bertz CT molecular complexity index is 767. The molecule has 0 bridgehead atoms. The van der Waals surface area contributed by atoms with Crippen molar-refractivity contribution >= 4 is 17.7 Å². The van der Waals surface area contributed by atoms with E-state index in [2.05, 4.69) is 64.5 Å². The average molecular weight is 446 g/mol. The monoisotopic (exact) mass is 446 g/mol. The standard InChI is InChI=1S/C21H22N2O.HI/c1-17(24)22-13-15-23-14-12-20(16-18-8-4-2-5-9-18)21(23)19-10-6-3-7-11-19;/h2-11,16H,12-15H2,1H3;1H/b20-16-;. The summed E-state index contributed by atoms with van der Waals surface area (Å²) in [6.07, 6.45) is 3.31. The first-order valence-corrected chi connectivity index (χ1v) is 8.42. The Morgan fingerprint density at radius 1 is 1.08 bits per heavy atom. The minimum absolute atomic E-state index is 0. The zero-order chi connectivity index (χ0) is 16.8. The van der Waals surface area contributed by atoms with Gasteiger partial charge in [-0.1, -0.05) is 48.5 Å². The molecule has 0 saturated carbocycles.